The number of hydrogen-bond acceptors (Lipinski definition) is 4. The van der Waals surface area contributed by atoms with Crippen LogP contribution in [0, 0.1) is 0 Å². The van der Waals surface area contributed by atoms with Crippen molar-refractivity contribution in [3.8, 4) is 11.5 Å². The molecule has 1 unspecified atom stereocenters. The van der Waals surface area contributed by atoms with Crippen molar-refractivity contribution in [3.63, 3.8) is 0 Å². The third-order valence-corrected chi connectivity index (χ3v) is 3.29. The highest BCUT2D eigenvalue weighted by Crippen LogP contribution is 2.39. The van der Waals surface area contributed by atoms with Gasteiger partial charge in [-0.05, 0) is 43.0 Å². The molecule has 2 rings (SSSR count). The summed E-state index contributed by atoms with van der Waals surface area (Å²) in [6.45, 7) is 2.16. The minimum atomic E-state index is -0.380. The summed E-state index contributed by atoms with van der Waals surface area (Å²) in [6, 6.07) is 3.88. The number of nitrogens with one attached hydrogen (secondary N) is 1. The van der Waals surface area contributed by atoms with E-state index in [1.54, 1.807) is 21.1 Å². The lowest BCUT2D eigenvalue weighted by molar-refractivity contribution is 0.148. The molecule has 1 aromatic rings. The van der Waals surface area contributed by atoms with E-state index < -0.39 is 0 Å². The zero-order chi connectivity index (χ0) is 13.8. The van der Waals surface area contributed by atoms with Gasteiger partial charge in [0.15, 0.2) is 11.5 Å². The van der Waals surface area contributed by atoms with Crippen LogP contribution in [0.25, 0.3) is 0 Å². The van der Waals surface area contributed by atoms with Crippen molar-refractivity contribution in [1.29, 1.82) is 0 Å². The lowest BCUT2D eigenvalue weighted by atomic mass is 10.1. The van der Waals surface area contributed by atoms with Crippen molar-refractivity contribution in [1.82, 2.24) is 5.32 Å². The summed E-state index contributed by atoms with van der Waals surface area (Å²) >= 11 is 0. The Morgan fingerprint density at radius 1 is 1.32 bits per heavy atom. The summed E-state index contributed by atoms with van der Waals surface area (Å²) in [5, 5.41) is 2.87. The molecule has 0 saturated carbocycles. The Balaban J connectivity index is 2.21. The summed E-state index contributed by atoms with van der Waals surface area (Å²) in [6.07, 6.45) is 1.40. The molecule has 1 aromatic carbocycles. The van der Waals surface area contributed by atoms with Gasteiger partial charge in [-0.1, -0.05) is 0 Å². The molecule has 0 heterocycles. The topological polar surface area (TPSA) is 56.8 Å². The molecule has 0 spiro atoms. The summed E-state index contributed by atoms with van der Waals surface area (Å²) < 4.78 is 15.5. The molecule has 1 N–H and O–H groups in total. The second kappa shape index (κ2) is 5.82. The summed E-state index contributed by atoms with van der Waals surface area (Å²) in [5.41, 5.74) is 2.25. The van der Waals surface area contributed by atoms with E-state index in [9.17, 15) is 4.79 Å². The van der Waals surface area contributed by atoms with Gasteiger partial charge in [-0.2, -0.15) is 0 Å². The van der Waals surface area contributed by atoms with Crippen LogP contribution in [0.5, 0.6) is 11.5 Å². The average Bonchev–Trinajstić information content (AvgIpc) is 2.79. The van der Waals surface area contributed by atoms with E-state index in [1.165, 1.54) is 5.56 Å². The minimum Gasteiger partial charge on any atom is -0.493 e. The third kappa shape index (κ3) is 2.75. The van der Waals surface area contributed by atoms with Gasteiger partial charge in [0.2, 0.25) is 0 Å². The van der Waals surface area contributed by atoms with E-state index in [-0.39, 0.29) is 12.1 Å². The molecule has 0 aromatic heterocycles. The first-order valence-electron chi connectivity index (χ1n) is 6.37. The Kier molecular flexibility index (Phi) is 4.14. The van der Waals surface area contributed by atoms with Crippen molar-refractivity contribution in [2.24, 2.45) is 0 Å². The number of hydrogen-bond donors (Lipinski definition) is 1. The number of carbonyl (C=O) groups is 1. The zero-order valence-electron chi connectivity index (χ0n) is 11.5. The number of fused-ring (bicyclic) bond motifs is 1. The molecule has 0 fully saturated rings. The lowest BCUT2D eigenvalue weighted by Gasteiger charge is -2.15. The number of benzene rings is 1. The van der Waals surface area contributed by atoms with Gasteiger partial charge in [0, 0.05) is 0 Å². The highest BCUT2D eigenvalue weighted by Gasteiger charge is 2.26. The first kappa shape index (κ1) is 13.5. The fraction of sp³-hybridized carbons (Fsp3) is 0.500. The van der Waals surface area contributed by atoms with Crippen molar-refractivity contribution in [2.75, 3.05) is 20.8 Å². The monoisotopic (exact) mass is 265 g/mol. The number of ether oxygens (including phenoxy) is 3. The molecule has 1 atom stereocenters. The van der Waals surface area contributed by atoms with Crippen LogP contribution in [0.1, 0.15) is 30.5 Å². The van der Waals surface area contributed by atoms with Gasteiger partial charge in [0.25, 0.3) is 0 Å². The lowest BCUT2D eigenvalue weighted by Crippen LogP contribution is -2.27. The maximum absolute atomic E-state index is 11.5. The molecule has 5 heteroatoms. The van der Waals surface area contributed by atoms with Gasteiger partial charge in [-0.25, -0.2) is 4.79 Å². The standard InChI is InChI=1S/C14H19NO4/c1-4-19-14(16)15-11-6-5-9-7-12(17-2)13(18-3)8-10(9)11/h7-8,11H,4-6H2,1-3H3,(H,15,16). The van der Waals surface area contributed by atoms with Crippen LogP contribution in [-0.2, 0) is 11.2 Å². The predicted molar refractivity (Wildman–Crippen MR) is 70.8 cm³/mol. The minimum absolute atomic E-state index is 0.0196. The third-order valence-electron chi connectivity index (χ3n) is 3.29. The molecule has 1 aliphatic carbocycles. The van der Waals surface area contributed by atoms with Gasteiger partial charge in [-0.15, -0.1) is 0 Å². The molecule has 1 aliphatic rings. The molecule has 19 heavy (non-hydrogen) atoms. The molecule has 0 bridgehead atoms. The largest absolute Gasteiger partial charge is 0.493 e. The van der Waals surface area contributed by atoms with Gasteiger partial charge < -0.3 is 19.5 Å². The maximum atomic E-state index is 11.5. The Morgan fingerprint density at radius 3 is 2.63 bits per heavy atom. The van der Waals surface area contributed by atoms with Crippen molar-refractivity contribution < 1.29 is 19.0 Å². The van der Waals surface area contributed by atoms with E-state index in [2.05, 4.69) is 5.32 Å². The van der Waals surface area contributed by atoms with Crippen LogP contribution in [0.15, 0.2) is 12.1 Å². The van der Waals surface area contributed by atoms with Gasteiger partial charge in [0.05, 0.1) is 26.9 Å². The Bertz CT molecular complexity index is 473. The van der Waals surface area contributed by atoms with E-state index in [1.807, 2.05) is 12.1 Å². The highest BCUT2D eigenvalue weighted by atomic mass is 16.5. The highest BCUT2D eigenvalue weighted by molar-refractivity contribution is 5.68. The van der Waals surface area contributed by atoms with Gasteiger partial charge in [-0.3, -0.25) is 0 Å². The average molecular weight is 265 g/mol. The predicted octanol–water partition coefficient (Wildman–Crippen LogP) is 2.44. The first-order valence-corrected chi connectivity index (χ1v) is 6.37. The van der Waals surface area contributed by atoms with Crippen LogP contribution in [0.4, 0.5) is 4.79 Å². The molecular formula is C14H19NO4. The normalized spacial score (nSPS) is 16.7. The Labute approximate surface area is 112 Å². The second-order valence-corrected chi connectivity index (χ2v) is 4.36. The summed E-state index contributed by atoms with van der Waals surface area (Å²) in [4.78, 5) is 11.5. The summed E-state index contributed by atoms with van der Waals surface area (Å²) in [7, 11) is 3.22. The first-order chi connectivity index (χ1) is 9.19. The van der Waals surface area contributed by atoms with E-state index >= 15 is 0 Å². The number of aryl methyl sites for hydroxylation is 1. The summed E-state index contributed by atoms with van der Waals surface area (Å²) in [5.74, 6) is 1.40. The van der Waals surface area contributed by atoms with E-state index in [0.717, 1.165) is 24.2 Å². The number of amides is 1. The quantitative estimate of drug-likeness (QED) is 0.908. The molecule has 0 saturated heterocycles. The maximum Gasteiger partial charge on any atom is 0.407 e. The molecule has 104 valence electrons. The Morgan fingerprint density at radius 2 is 2.00 bits per heavy atom. The molecule has 5 nitrogen and oxygen atoms in total. The number of alkyl carbamates (subject to hydrolysis) is 1. The van der Waals surface area contributed by atoms with E-state index in [4.69, 9.17) is 14.2 Å². The van der Waals surface area contributed by atoms with Gasteiger partial charge in [0.1, 0.15) is 0 Å². The van der Waals surface area contributed by atoms with Crippen molar-refractivity contribution >= 4 is 6.09 Å². The van der Waals surface area contributed by atoms with Crippen molar-refractivity contribution in [3.05, 3.63) is 23.3 Å². The molecule has 0 aliphatic heterocycles. The number of methoxy groups -OCH3 is 2. The van der Waals surface area contributed by atoms with Crippen LogP contribution in [0.3, 0.4) is 0 Å². The molecule has 0 radical (unpaired) electrons. The van der Waals surface area contributed by atoms with Crippen LogP contribution < -0.4 is 14.8 Å². The number of rotatable bonds is 4. The van der Waals surface area contributed by atoms with Crippen molar-refractivity contribution in [2.45, 2.75) is 25.8 Å². The fourth-order valence-electron chi connectivity index (χ4n) is 2.40. The Hall–Kier alpha value is -1.91. The van der Waals surface area contributed by atoms with Crippen LogP contribution >= 0.6 is 0 Å². The SMILES string of the molecule is CCOC(=O)NC1CCc2cc(OC)c(OC)cc21. The smallest absolute Gasteiger partial charge is 0.407 e. The zero-order valence-corrected chi connectivity index (χ0v) is 11.5. The van der Waals surface area contributed by atoms with E-state index in [0.29, 0.717) is 12.4 Å². The van der Waals surface area contributed by atoms with Crippen LogP contribution in [0.2, 0.25) is 0 Å². The second-order valence-electron chi connectivity index (χ2n) is 4.36. The molecule has 1 amide bonds. The van der Waals surface area contributed by atoms with Crippen LogP contribution in [-0.4, -0.2) is 26.9 Å². The van der Waals surface area contributed by atoms with Gasteiger partial charge >= 0.3 is 6.09 Å². The molecular weight excluding hydrogens is 246 g/mol. The fourth-order valence-corrected chi connectivity index (χ4v) is 2.40. The number of carbonyl (C=O) groups excluding carboxylic acids is 1.